The van der Waals surface area contributed by atoms with Crippen LogP contribution in [0.25, 0.3) is 10.9 Å². The third-order valence-electron chi connectivity index (χ3n) is 2.19. The Morgan fingerprint density at radius 1 is 1.44 bits per heavy atom. The molecule has 1 aromatic carbocycles. The zero-order valence-electron chi connectivity index (χ0n) is 8.31. The maximum Gasteiger partial charge on any atom is 0.341 e. The lowest BCUT2D eigenvalue weighted by atomic mass is 10.1. The van der Waals surface area contributed by atoms with Gasteiger partial charge in [-0.25, -0.2) is 4.79 Å². The van der Waals surface area contributed by atoms with Crippen molar-refractivity contribution >= 4 is 33.8 Å². The average molecular weight is 239 g/mol. The molecule has 1 aromatic heterocycles. The number of nitrogens with zero attached hydrogens (tertiary/aromatic N) is 2. The molecule has 0 aliphatic carbocycles. The molecule has 0 atom stereocenters. The molecule has 0 bridgehead atoms. The summed E-state index contributed by atoms with van der Waals surface area (Å²) < 4.78 is 5.64. The minimum atomic E-state index is -0.725. The number of hydrogen-bond acceptors (Lipinski definition) is 4. The number of carbonyl (C=O) groups excluding carboxylic acids is 2. The van der Waals surface area contributed by atoms with Crippen molar-refractivity contribution in [3.63, 3.8) is 0 Å². The number of ether oxygens (including phenoxy) is 1. The van der Waals surface area contributed by atoms with Gasteiger partial charge in [-0.2, -0.15) is 9.78 Å². The molecule has 16 heavy (non-hydrogen) atoms. The standard InChI is InChI=1S/C10H7ClN2O3/c1-16-9(14)6-3-2-4-8-7(6)5-12-13(8)10(11)15/h2-5H,1H3. The summed E-state index contributed by atoms with van der Waals surface area (Å²) in [5, 5.41) is 3.61. The van der Waals surface area contributed by atoms with Gasteiger partial charge in [0.25, 0.3) is 0 Å². The lowest BCUT2D eigenvalue weighted by Gasteiger charge is -2.00. The Morgan fingerprint density at radius 3 is 2.81 bits per heavy atom. The number of halogens is 1. The molecule has 2 aromatic rings. The Kier molecular flexibility index (Phi) is 2.62. The second kappa shape index (κ2) is 3.94. The molecule has 1 heterocycles. The molecule has 5 nitrogen and oxygen atoms in total. The van der Waals surface area contributed by atoms with Crippen LogP contribution in [0.3, 0.4) is 0 Å². The summed E-state index contributed by atoms with van der Waals surface area (Å²) in [5.41, 5.74) is 0.826. The van der Waals surface area contributed by atoms with Gasteiger partial charge in [0, 0.05) is 5.39 Å². The van der Waals surface area contributed by atoms with E-state index in [4.69, 9.17) is 11.6 Å². The van der Waals surface area contributed by atoms with E-state index in [0.29, 0.717) is 16.5 Å². The van der Waals surface area contributed by atoms with Gasteiger partial charge in [-0.05, 0) is 23.7 Å². The molecule has 0 aliphatic rings. The van der Waals surface area contributed by atoms with Crippen molar-refractivity contribution in [2.45, 2.75) is 0 Å². The van der Waals surface area contributed by atoms with Crippen LogP contribution in [0.4, 0.5) is 4.79 Å². The summed E-state index contributed by atoms with van der Waals surface area (Å²) >= 11 is 5.33. The molecule has 0 saturated heterocycles. The Morgan fingerprint density at radius 2 is 2.19 bits per heavy atom. The highest BCUT2D eigenvalue weighted by molar-refractivity contribution is 6.63. The van der Waals surface area contributed by atoms with Crippen molar-refractivity contribution in [2.75, 3.05) is 7.11 Å². The summed E-state index contributed by atoms with van der Waals surface area (Å²) in [6.45, 7) is 0. The quantitative estimate of drug-likeness (QED) is 0.563. The van der Waals surface area contributed by atoms with Crippen LogP contribution in [-0.4, -0.2) is 28.2 Å². The Hall–Kier alpha value is -1.88. The van der Waals surface area contributed by atoms with E-state index < -0.39 is 11.3 Å². The SMILES string of the molecule is COC(=O)c1cccc2c1cnn2C(=O)Cl. The molecular formula is C10H7ClN2O3. The van der Waals surface area contributed by atoms with Crippen LogP contribution in [0, 0.1) is 0 Å². The van der Waals surface area contributed by atoms with E-state index in [1.807, 2.05) is 0 Å². The summed E-state index contributed by atoms with van der Waals surface area (Å²) in [5.74, 6) is -0.479. The van der Waals surface area contributed by atoms with Crippen LogP contribution >= 0.6 is 11.6 Å². The monoisotopic (exact) mass is 238 g/mol. The summed E-state index contributed by atoms with van der Waals surface area (Å²) in [6, 6.07) is 4.88. The highest BCUT2D eigenvalue weighted by Crippen LogP contribution is 2.19. The van der Waals surface area contributed by atoms with Gasteiger partial charge in [-0.15, -0.1) is 0 Å². The van der Waals surface area contributed by atoms with Crippen LogP contribution in [0.15, 0.2) is 24.4 Å². The number of carbonyl (C=O) groups is 2. The predicted molar refractivity (Wildman–Crippen MR) is 57.7 cm³/mol. The normalized spacial score (nSPS) is 10.4. The van der Waals surface area contributed by atoms with Gasteiger partial charge in [0.1, 0.15) is 0 Å². The van der Waals surface area contributed by atoms with Gasteiger partial charge in [-0.1, -0.05) is 6.07 Å². The van der Waals surface area contributed by atoms with Gasteiger partial charge in [0.15, 0.2) is 0 Å². The molecule has 0 amide bonds. The van der Waals surface area contributed by atoms with Crippen LogP contribution in [-0.2, 0) is 4.74 Å². The molecule has 0 unspecified atom stereocenters. The maximum atomic E-state index is 11.4. The summed E-state index contributed by atoms with van der Waals surface area (Å²) in [4.78, 5) is 22.5. The number of aromatic nitrogens is 2. The molecule has 0 radical (unpaired) electrons. The van der Waals surface area contributed by atoms with Crippen molar-refractivity contribution in [3.8, 4) is 0 Å². The molecule has 6 heteroatoms. The van der Waals surface area contributed by atoms with Gasteiger partial charge in [0.2, 0.25) is 0 Å². The van der Waals surface area contributed by atoms with Crippen molar-refractivity contribution in [1.82, 2.24) is 9.78 Å². The summed E-state index contributed by atoms with van der Waals surface area (Å²) in [6.07, 6.45) is 1.40. The number of hydrogen-bond donors (Lipinski definition) is 0. The second-order valence-electron chi connectivity index (χ2n) is 3.04. The molecule has 0 saturated carbocycles. The number of benzene rings is 1. The van der Waals surface area contributed by atoms with Gasteiger partial charge in [-0.3, -0.25) is 4.79 Å². The zero-order valence-corrected chi connectivity index (χ0v) is 9.06. The number of fused-ring (bicyclic) bond motifs is 1. The van der Waals surface area contributed by atoms with Crippen molar-refractivity contribution < 1.29 is 14.3 Å². The Bertz CT molecular complexity index is 576. The largest absolute Gasteiger partial charge is 0.465 e. The topological polar surface area (TPSA) is 61.2 Å². The first-order valence-electron chi connectivity index (χ1n) is 4.40. The Labute approximate surface area is 95.6 Å². The number of methoxy groups -OCH3 is 1. The highest BCUT2D eigenvalue weighted by Gasteiger charge is 2.15. The third kappa shape index (κ3) is 1.55. The summed E-state index contributed by atoms with van der Waals surface area (Å²) in [7, 11) is 1.29. The van der Waals surface area contributed by atoms with Gasteiger partial charge < -0.3 is 4.74 Å². The number of rotatable bonds is 1. The Balaban J connectivity index is 2.71. The van der Waals surface area contributed by atoms with Crippen LogP contribution < -0.4 is 0 Å². The van der Waals surface area contributed by atoms with E-state index in [2.05, 4.69) is 9.84 Å². The second-order valence-corrected chi connectivity index (χ2v) is 3.36. The van der Waals surface area contributed by atoms with Gasteiger partial charge >= 0.3 is 11.3 Å². The minimum absolute atomic E-state index is 0.351. The zero-order chi connectivity index (χ0) is 11.7. The van der Waals surface area contributed by atoms with Gasteiger partial charge in [0.05, 0.1) is 24.4 Å². The molecule has 82 valence electrons. The fraction of sp³-hybridized carbons (Fsp3) is 0.100. The first-order valence-corrected chi connectivity index (χ1v) is 4.78. The lowest BCUT2D eigenvalue weighted by Crippen LogP contribution is -2.04. The van der Waals surface area contributed by atoms with E-state index in [0.717, 1.165) is 4.68 Å². The van der Waals surface area contributed by atoms with E-state index in [1.165, 1.54) is 13.3 Å². The third-order valence-corrected chi connectivity index (χ3v) is 2.35. The lowest BCUT2D eigenvalue weighted by molar-refractivity contribution is 0.0603. The fourth-order valence-corrected chi connectivity index (χ4v) is 1.61. The van der Waals surface area contributed by atoms with Crippen molar-refractivity contribution in [3.05, 3.63) is 30.0 Å². The molecule has 2 rings (SSSR count). The molecule has 0 N–H and O–H groups in total. The van der Waals surface area contributed by atoms with E-state index in [9.17, 15) is 9.59 Å². The maximum absolute atomic E-state index is 11.4. The van der Waals surface area contributed by atoms with Crippen molar-refractivity contribution in [2.24, 2.45) is 0 Å². The van der Waals surface area contributed by atoms with E-state index in [1.54, 1.807) is 18.2 Å². The number of esters is 1. The smallest absolute Gasteiger partial charge is 0.341 e. The first kappa shape index (κ1) is 10.6. The van der Waals surface area contributed by atoms with Crippen LogP contribution in [0.2, 0.25) is 0 Å². The average Bonchev–Trinajstić information content (AvgIpc) is 2.71. The van der Waals surface area contributed by atoms with Crippen molar-refractivity contribution in [1.29, 1.82) is 0 Å². The predicted octanol–water partition coefficient (Wildman–Crippen LogP) is 2.03. The van der Waals surface area contributed by atoms with Crippen LogP contribution in [0.1, 0.15) is 10.4 Å². The molecule has 0 spiro atoms. The molecule has 0 aliphatic heterocycles. The van der Waals surface area contributed by atoms with Crippen LogP contribution in [0.5, 0.6) is 0 Å². The van der Waals surface area contributed by atoms with E-state index in [-0.39, 0.29) is 0 Å². The fourth-order valence-electron chi connectivity index (χ4n) is 1.48. The highest BCUT2D eigenvalue weighted by atomic mass is 35.5. The minimum Gasteiger partial charge on any atom is -0.465 e. The van der Waals surface area contributed by atoms with E-state index >= 15 is 0 Å². The molecule has 0 fully saturated rings. The first-order chi connectivity index (χ1) is 7.65. The molecular weight excluding hydrogens is 232 g/mol.